The van der Waals surface area contributed by atoms with E-state index in [1.165, 1.54) is 24.1 Å². The highest BCUT2D eigenvalue weighted by atomic mass is 32.1. The van der Waals surface area contributed by atoms with E-state index in [2.05, 4.69) is 0 Å². The molecule has 0 saturated carbocycles. The van der Waals surface area contributed by atoms with E-state index in [0.717, 1.165) is 12.1 Å². The van der Waals surface area contributed by atoms with Gasteiger partial charge in [-0.2, -0.15) is 0 Å². The number of nitrogens with zero attached hydrogens (tertiary/aromatic N) is 1. The van der Waals surface area contributed by atoms with Crippen molar-refractivity contribution in [3.05, 3.63) is 65.0 Å². The Hall–Kier alpha value is -2.08. The number of hydrogen-bond acceptors (Lipinski definition) is 2. The number of rotatable bonds is 4. The van der Waals surface area contributed by atoms with E-state index < -0.39 is 17.5 Å². The van der Waals surface area contributed by atoms with Crippen LogP contribution in [0.3, 0.4) is 0 Å². The lowest BCUT2D eigenvalue weighted by atomic mass is 10.1. The Kier molecular flexibility index (Phi) is 4.47. The van der Waals surface area contributed by atoms with E-state index in [1.807, 2.05) is 0 Å². The van der Waals surface area contributed by atoms with Crippen LogP contribution in [-0.2, 0) is 6.54 Å². The first-order valence-corrected chi connectivity index (χ1v) is 6.53. The van der Waals surface area contributed by atoms with Crippen molar-refractivity contribution in [2.45, 2.75) is 6.54 Å². The molecule has 0 aliphatic carbocycles. The lowest BCUT2D eigenvalue weighted by molar-refractivity contribution is 0.576. The minimum absolute atomic E-state index is 0.0767. The maximum Gasteiger partial charge on any atom is 0.150 e. The van der Waals surface area contributed by atoms with Crippen molar-refractivity contribution in [1.29, 1.82) is 0 Å². The molecule has 2 aromatic rings. The van der Waals surface area contributed by atoms with E-state index >= 15 is 0 Å². The van der Waals surface area contributed by atoms with Crippen molar-refractivity contribution < 1.29 is 13.2 Å². The molecule has 0 saturated heterocycles. The fourth-order valence-corrected chi connectivity index (χ4v) is 2.18. The van der Waals surface area contributed by atoms with Gasteiger partial charge >= 0.3 is 0 Å². The van der Waals surface area contributed by atoms with E-state index in [9.17, 15) is 13.2 Å². The average molecular weight is 310 g/mol. The molecule has 0 amide bonds. The zero-order chi connectivity index (χ0) is 15.6. The Morgan fingerprint density at radius 3 is 2.29 bits per heavy atom. The summed E-state index contributed by atoms with van der Waals surface area (Å²) in [5.41, 5.74) is 5.89. The molecule has 0 bridgehead atoms. The minimum atomic E-state index is -0.767. The first kappa shape index (κ1) is 15.3. The van der Waals surface area contributed by atoms with Crippen molar-refractivity contribution >= 4 is 22.9 Å². The molecule has 21 heavy (non-hydrogen) atoms. The number of hydrogen-bond donors (Lipinski definition) is 1. The van der Waals surface area contributed by atoms with Crippen LogP contribution in [0.25, 0.3) is 0 Å². The molecule has 2 N–H and O–H groups in total. The third kappa shape index (κ3) is 3.52. The molecule has 0 spiro atoms. The summed E-state index contributed by atoms with van der Waals surface area (Å²) in [7, 11) is 1.52. The van der Waals surface area contributed by atoms with Gasteiger partial charge < -0.3 is 10.6 Å². The van der Waals surface area contributed by atoms with Gasteiger partial charge in [0.2, 0.25) is 0 Å². The Morgan fingerprint density at radius 2 is 1.76 bits per heavy atom. The molecule has 6 heteroatoms. The summed E-state index contributed by atoms with van der Waals surface area (Å²) in [6.45, 7) is 0.165. The summed E-state index contributed by atoms with van der Waals surface area (Å²) in [6, 6.07) is 8.02. The summed E-state index contributed by atoms with van der Waals surface area (Å²) in [4.78, 5) is 1.29. The van der Waals surface area contributed by atoms with Gasteiger partial charge in [0.1, 0.15) is 28.1 Å². The Labute approximate surface area is 126 Å². The molecule has 2 aromatic carbocycles. The zero-order valence-electron chi connectivity index (χ0n) is 11.2. The molecular weight excluding hydrogens is 297 g/mol. The highest BCUT2D eigenvalue weighted by Gasteiger charge is 2.16. The van der Waals surface area contributed by atoms with Crippen LogP contribution in [0, 0.1) is 17.5 Å². The van der Waals surface area contributed by atoms with Gasteiger partial charge in [0.15, 0.2) is 0 Å². The van der Waals surface area contributed by atoms with Crippen molar-refractivity contribution in [2.24, 2.45) is 5.73 Å². The molecule has 0 radical (unpaired) electrons. The van der Waals surface area contributed by atoms with Crippen molar-refractivity contribution in [3.8, 4) is 0 Å². The summed E-state index contributed by atoms with van der Waals surface area (Å²) in [5, 5.41) is 0. The summed E-state index contributed by atoms with van der Waals surface area (Å²) in [5.74, 6) is -1.93. The Morgan fingerprint density at radius 1 is 1.14 bits per heavy atom. The van der Waals surface area contributed by atoms with E-state index in [0.29, 0.717) is 5.56 Å². The molecule has 2 nitrogen and oxygen atoms in total. The highest BCUT2D eigenvalue weighted by molar-refractivity contribution is 7.80. The van der Waals surface area contributed by atoms with Crippen LogP contribution in [0.2, 0.25) is 0 Å². The van der Waals surface area contributed by atoms with Gasteiger partial charge in [0, 0.05) is 19.2 Å². The number of halogens is 3. The first-order chi connectivity index (χ1) is 9.88. The van der Waals surface area contributed by atoms with Gasteiger partial charge in [-0.25, -0.2) is 13.2 Å². The van der Waals surface area contributed by atoms with Gasteiger partial charge in [0.25, 0.3) is 0 Å². The van der Waals surface area contributed by atoms with Crippen LogP contribution in [0.5, 0.6) is 0 Å². The van der Waals surface area contributed by atoms with E-state index in [4.69, 9.17) is 18.0 Å². The summed E-state index contributed by atoms with van der Waals surface area (Å²) in [6.07, 6.45) is 0. The zero-order valence-corrected chi connectivity index (χ0v) is 12.1. The van der Waals surface area contributed by atoms with Crippen LogP contribution in [0.1, 0.15) is 11.1 Å². The van der Waals surface area contributed by atoms with E-state index in [1.54, 1.807) is 12.1 Å². The maximum atomic E-state index is 14.0. The first-order valence-electron chi connectivity index (χ1n) is 6.13. The normalized spacial score (nSPS) is 10.5. The van der Waals surface area contributed by atoms with Crippen molar-refractivity contribution in [1.82, 2.24) is 0 Å². The summed E-state index contributed by atoms with van der Waals surface area (Å²) < 4.78 is 41.2. The second kappa shape index (κ2) is 6.13. The van der Waals surface area contributed by atoms with Gasteiger partial charge in [0.05, 0.1) is 0 Å². The second-order valence-electron chi connectivity index (χ2n) is 4.64. The average Bonchev–Trinajstić information content (AvgIpc) is 2.37. The molecule has 0 aliphatic rings. The van der Waals surface area contributed by atoms with Gasteiger partial charge in [-0.15, -0.1) is 0 Å². The fourth-order valence-electron chi connectivity index (χ4n) is 2.06. The lowest BCUT2D eigenvalue weighted by Gasteiger charge is -2.21. The quantitative estimate of drug-likeness (QED) is 0.878. The number of nitrogens with two attached hydrogens (primary N) is 1. The molecule has 110 valence electrons. The monoisotopic (exact) mass is 310 g/mol. The maximum absolute atomic E-state index is 14.0. The van der Waals surface area contributed by atoms with Crippen LogP contribution in [0.15, 0.2) is 36.4 Å². The van der Waals surface area contributed by atoms with Crippen LogP contribution < -0.4 is 10.6 Å². The topological polar surface area (TPSA) is 29.3 Å². The van der Waals surface area contributed by atoms with Crippen molar-refractivity contribution in [3.63, 3.8) is 0 Å². The van der Waals surface area contributed by atoms with Gasteiger partial charge in [-0.1, -0.05) is 24.4 Å². The van der Waals surface area contributed by atoms with Gasteiger partial charge in [-0.05, 0) is 29.8 Å². The minimum Gasteiger partial charge on any atom is -0.389 e. The van der Waals surface area contributed by atoms with Crippen molar-refractivity contribution in [2.75, 3.05) is 11.9 Å². The number of anilines is 1. The summed E-state index contributed by atoms with van der Waals surface area (Å²) >= 11 is 4.70. The molecule has 0 aliphatic heterocycles. The van der Waals surface area contributed by atoms with Crippen LogP contribution in [0.4, 0.5) is 18.9 Å². The molecule has 0 unspecified atom stereocenters. The molecule has 0 heterocycles. The molecular formula is C15H13F3N2S. The highest BCUT2D eigenvalue weighted by Crippen LogP contribution is 2.25. The van der Waals surface area contributed by atoms with Crippen LogP contribution >= 0.6 is 12.2 Å². The van der Waals surface area contributed by atoms with Gasteiger partial charge in [-0.3, -0.25) is 0 Å². The molecule has 2 rings (SSSR count). The number of thiocarbonyl (C=S) groups is 1. The SMILES string of the molecule is CN(Cc1cccc(F)c1)c1c(F)cc(C(N)=S)cc1F. The Balaban J connectivity index is 2.31. The second-order valence-corrected chi connectivity index (χ2v) is 5.08. The lowest BCUT2D eigenvalue weighted by Crippen LogP contribution is -2.20. The van der Waals surface area contributed by atoms with E-state index in [-0.39, 0.29) is 22.8 Å². The van der Waals surface area contributed by atoms with Crippen LogP contribution in [-0.4, -0.2) is 12.0 Å². The third-order valence-electron chi connectivity index (χ3n) is 2.99. The predicted octanol–water partition coefficient (Wildman–Crippen LogP) is 3.37. The Bertz CT molecular complexity index is 665. The largest absolute Gasteiger partial charge is 0.389 e. The molecule has 0 atom stereocenters. The predicted molar refractivity (Wildman–Crippen MR) is 80.8 cm³/mol. The molecule has 0 fully saturated rings. The molecule has 0 aromatic heterocycles. The smallest absolute Gasteiger partial charge is 0.150 e. The standard InChI is InChI=1S/C15H13F3N2S/c1-20(8-9-3-2-4-11(16)5-9)14-12(17)6-10(15(19)21)7-13(14)18/h2-7H,8H2,1H3,(H2,19,21). The number of benzene rings is 2. The fraction of sp³-hybridized carbons (Fsp3) is 0.133. The third-order valence-corrected chi connectivity index (χ3v) is 3.23.